The number of anilines is 1. The topological polar surface area (TPSA) is 152 Å². The molecule has 31 heavy (non-hydrogen) atoms. The number of hydrogen-bond donors (Lipinski definition) is 4. The van der Waals surface area contributed by atoms with Gasteiger partial charge >= 0.3 is 11.8 Å². The highest BCUT2D eigenvalue weighted by Crippen LogP contribution is 2.28. The summed E-state index contributed by atoms with van der Waals surface area (Å²) in [5, 5.41) is 29.1. The number of ether oxygens (including phenoxy) is 3. The van der Waals surface area contributed by atoms with Crippen molar-refractivity contribution in [3.05, 3.63) is 22.7 Å². The zero-order chi connectivity index (χ0) is 22.6. The van der Waals surface area contributed by atoms with Crippen LogP contribution in [0.15, 0.2) is 17.1 Å². The van der Waals surface area contributed by atoms with Crippen LogP contribution in [0.4, 0.5) is 10.6 Å². The number of carbonyl (C=O) groups excluding carboxylic acids is 1. The van der Waals surface area contributed by atoms with Gasteiger partial charge in [0.25, 0.3) is 0 Å². The molecule has 2 rings (SSSR count). The number of hydrogen-bond acceptors (Lipinski definition) is 10. The standard InChI is InChI=1S/C20H33N3O8/c1-2-3-4-5-6-7-8-9-12-29-20(27)30-13-14-16(24)17(25)18(31-14)23-11-10-15(22-28)21-19(23)26/h10-11,14,16-18,24-25,28H,2-9,12-13H2,1H3,(H,21,22,26). The number of rotatable bonds is 13. The minimum absolute atomic E-state index is 0.0755. The van der Waals surface area contributed by atoms with Crippen molar-refractivity contribution in [1.82, 2.24) is 9.55 Å². The van der Waals surface area contributed by atoms with Gasteiger partial charge in [-0.3, -0.25) is 15.3 Å². The molecule has 0 amide bonds. The van der Waals surface area contributed by atoms with Crippen molar-refractivity contribution in [1.29, 1.82) is 0 Å². The van der Waals surface area contributed by atoms with Crippen LogP contribution in [0, 0.1) is 0 Å². The summed E-state index contributed by atoms with van der Waals surface area (Å²) < 4.78 is 16.4. The van der Waals surface area contributed by atoms with Gasteiger partial charge in [-0.2, -0.15) is 4.98 Å². The molecule has 176 valence electrons. The lowest BCUT2D eigenvalue weighted by Crippen LogP contribution is -2.36. The van der Waals surface area contributed by atoms with Crippen LogP contribution < -0.4 is 11.2 Å². The molecule has 1 fully saturated rings. The molecule has 4 atom stereocenters. The lowest BCUT2D eigenvalue weighted by atomic mass is 10.1. The largest absolute Gasteiger partial charge is 0.508 e. The van der Waals surface area contributed by atoms with Crippen molar-refractivity contribution in [2.24, 2.45) is 0 Å². The Kier molecular flexibility index (Phi) is 10.7. The maximum atomic E-state index is 12.0. The van der Waals surface area contributed by atoms with Crippen LogP contribution in [0.2, 0.25) is 0 Å². The van der Waals surface area contributed by atoms with Gasteiger partial charge < -0.3 is 24.4 Å². The van der Waals surface area contributed by atoms with Crippen molar-refractivity contribution in [2.75, 3.05) is 18.7 Å². The molecule has 1 aromatic rings. The average Bonchev–Trinajstić information content (AvgIpc) is 3.04. The molecule has 1 aliphatic rings. The van der Waals surface area contributed by atoms with Gasteiger partial charge in [-0.15, -0.1) is 0 Å². The second-order valence-electron chi connectivity index (χ2n) is 7.55. The first-order chi connectivity index (χ1) is 15.0. The molecule has 1 aliphatic heterocycles. The average molecular weight is 443 g/mol. The van der Waals surface area contributed by atoms with E-state index in [9.17, 15) is 19.8 Å². The SMILES string of the molecule is CCCCCCCCCCOC(=O)OCC1OC(n2ccc(NO)nc2=O)C(O)C1O. The third-order valence-corrected chi connectivity index (χ3v) is 5.14. The summed E-state index contributed by atoms with van der Waals surface area (Å²) in [6, 6.07) is 1.29. The van der Waals surface area contributed by atoms with E-state index < -0.39 is 36.4 Å². The number of aliphatic hydroxyl groups excluding tert-OH is 2. The summed E-state index contributed by atoms with van der Waals surface area (Å²) in [7, 11) is 0. The van der Waals surface area contributed by atoms with E-state index in [1.807, 2.05) is 0 Å². The smallest absolute Gasteiger partial charge is 0.434 e. The number of carbonyl (C=O) groups is 1. The molecular weight excluding hydrogens is 410 g/mol. The molecular formula is C20H33N3O8. The molecule has 0 bridgehead atoms. The third-order valence-electron chi connectivity index (χ3n) is 5.14. The van der Waals surface area contributed by atoms with Crippen LogP contribution >= 0.6 is 0 Å². The fraction of sp³-hybridized carbons (Fsp3) is 0.750. The van der Waals surface area contributed by atoms with Crippen LogP contribution in [-0.2, 0) is 14.2 Å². The number of unbranched alkanes of at least 4 members (excludes halogenated alkanes) is 7. The van der Waals surface area contributed by atoms with E-state index in [0.717, 1.165) is 23.8 Å². The van der Waals surface area contributed by atoms with E-state index in [1.54, 1.807) is 5.48 Å². The number of aromatic nitrogens is 2. The van der Waals surface area contributed by atoms with E-state index in [0.29, 0.717) is 0 Å². The minimum Gasteiger partial charge on any atom is -0.434 e. The second kappa shape index (κ2) is 13.3. The third kappa shape index (κ3) is 7.76. The molecule has 2 heterocycles. The Morgan fingerprint density at radius 3 is 2.45 bits per heavy atom. The van der Waals surface area contributed by atoms with Crippen molar-refractivity contribution in [3.63, 3.8) is 0 Å². The summed E-state index contributed by atoms with van der Waals surface area (Å²) in [5.74, 6) is -0.0755. The first-order valence-electron chi connectivity index (χ1n) is 10.8. The van der Waals surface area contributed by atoms with Crippen molar-refractivity contribution in [3.8, 4) is 0 Å². The Morgan fingerprint density at radius 1 is 1.13 bits per heavy atom. The van der Waals surface area contributed by atoms with Crippen molar-refractivity contribution in [2.45, 2.75) is 82.8 Å². The molecule has 0 spiro atoms. The van der Waals surface area contributed by atoms with Gasteiger partial charge in [-0.1, -0.05) is 51.9 Å². The van der Waals surface area contributed by atoms with Crippen molar-refractivity contribution < 1.29 is 34.4 Å². The fourth-order valence-corrected chi connectivity index (χ4v) is 3.35. The molecule has 4 N–H and O–H groups in total. The molecule has 11 nitrogen and oxygen atoms in total. The number of aliphatic hydroxyl groups is 2. The Bertz CT molecular complexity index is 729. The van der Waals surface area contributed by atoms with Crippen molar-refractivity contribution >= 4 is 12.0 Å². The fourth-order valence-electron chi connectivity index (χ4n) is 3.35. The summed E-state index contributed by atoms with van der Waals surface area (Å²) in [6.07, 6.45) is 4.30. The molecule has 1 saturated heterocycles. The molecule has 0 radical (unpaired) electrons. The predicted molar refractivity (Wildman–Crippen MR) is 110 cm³/mol. The quantitative estimate of drug-likeness (QED) is 0.202. The van der Waals surface area contributed by atoms with E-state index in [-0.39, 0.29) is 19.0 Å². The van der Waals surface area contributed by atoms with E-state index in [4.69, 9.17) is 19.4 Å². The first-order valence-corrected chi connectivity index (χ1v) is 10.8. The number of nitrogens with one attached hydrogen (secondary N) is 1. The Labute approximate surface area is 180 Å². The molecule has 11 heteroatoms. The monoisotopic (exact) mass is 443 g/mol. The molecule has 4 unspecified atom stereocenters. The molecule has 0 aliphatic carbocycles. The summed E-state index contributed by atoms with van der Waals surface area (Å²) in [5.41, 5.74) is 0.933. The summed E-state index contributed by atoms with van der Waals surface area (Å²) in [6.45, 7) is 2.09. The molecule has 0 aromatic carbocycles. The maximum absolute atomic E-state index is 12.0. The van der Waals surface area contributed by atoms with E-state index in [1.165, 1.54) is 44.4 Å². The van der Waals surface area contributed by atoms with E-state index >= 15 is 0 Å². The van der Waals surface area contributed by atoms with Gasteiger partial charge in [-0.05, 0) is 12.5 Å². The van der Waals surface area contributed by atoms with Gasteiger partial charge in [0.1, 0.15) is 24.9 Å². The van der Waals surface area contributed by atoms with E-state index in [2.05, 4.69) is 11.9 Å². The predicted octanol–water partition coefficient (Wildman–Crippen LogP) is 1.96. The van der Waals surface area contributed by atoms with Gasteiger partial charge in [0, 0.05) is 6.20 Å². The number of nitrogens with zero attached hydrogens (tertiary/aromatic N) is 2. The van der Waals surface area contributed by atoms with Crippen LogP contribution in [-0.4, -0.2) is 62.7 Å². The van der Waals surface area contributed by atoms with Gasteiger partial charge in [-0.25, -0.2) is 9.59 Å². The highest BCUT2D eigenvalue weighted by molar-refractivity contribution is 5.59. The van der Waals surface area contributed by atoms with Gasteiger partial charge in [0.05, 0.1) is 6.61 Å². The van der Waals surface area contributed by atoms with Crippen LogP contribution in [0.5, 0.6) is 0 Å². The van der Waals surface area contributed by atoms with Crippen LogP contribution in [0.25, 0.3) is 0 Å². The molecule has 1 aromatic heterocycles. The van der Waals surface area contributed by atoms with Crippen LogP contribution in [0.1, 0.15) is 64.5 Å². The summed E-state index contributed by atoms with van der Waals surface area (Å²) in [4.78, 5) is 27.3. The zero-order valence-electron chi connectivity index (χ0n) is 17.8. The first kappa shape index (κ1) is 25.1. The second-order valence-corrected chi connectivity index (χ2v) is 7.55. The van der Waals surface area contributed by atoms with Gasteiger partial charge in [0.15, 0.2) is 12.0 Å². The highest BCUT2D eigenvalue weighted by atomic mass is 16.7. The summed E-state index contributed by atoms with van der Waals surface area (Å²) >= 11 is 0. The Morgan fingerprint density at radius 2 is 1.81 bits per heavy atom. The highest BCUT2D eigenvalue weighted by Gasteiger charge is 2.44. The Hall–Kier alpha value is -2.21. The lowest BCUT2D eigenvalue weighted by molar-refractivity contribution is -0.0642. The van der Waals surface area contributed by atoms with Gasteiger partial charge in [0.2, 0.25) is 0 Å². The lowest BCUT2D eigenvalue weighted by Gasteiger charge is -2.17. The minimum atomic E-state index is -1.44. The Balaban J connectivity index is 1.68. The molecule has 0 saturated carbocycles. The zero-order valence-corrected chi connectivity index (χ0v) is 17.8. The normalized spacial score (nSPS) is 23.0. The maximum Gasteiger partial charge on any atom is 0.508 e. The van der Waals surface area contributed by atoms with Crippen LogP contribution in [0.3, 0.4) is 0 Å².